The summed E-state index contributed by atoms with van der Waals surface area (Å²) in [6.07, 6.45) is 4.86. The van der Waals surface area contributed by atoms with Crippen LogP contribution in [0.2, 0.25) is 0 Å². The smallest absolute Gasteiger partial charge is 0.0450 e. The number of hydrogen-bond acceptors (Lipinski definition) is 2. The van der Waals surface area contributed by atoms with Gasteiger partial charge in [-0.3, -0.25) is 0 Å². The summed E-state index contributed by atoms with van der Waals surface area (Å²) < 4.78 is 0. The molecule has 2 aliphatic heterocycles. The topological polar surface area (TPSA) is 29.3 Å². The summed E-state index contributed by atoms with van der Waals surface area (Å²) in [4.78, 5) is 2.66. The van der Waals surface area contributed by atoms with Crippen molar-refractivity contribution >= 4 is 5.69 Å². The Morgan fingerprint density at radius 2 is 1.43 bits per heavy atom. The first-order valence-electron chi connectivity index (χ1n) is 8.01. The minimum absolute atomic E-state index is 0.391. The van der Waals surface area contributed by atoms with E-state index < -0.39 is 0 Å². The number of rotatable bonds is 2. The van der Waals surface area contributed by atoms with Crippen LogP contribution < -0.4 is 10.6 Å². The Hall–Kier alpha value is -1.80. The Kier molecular flexibility index (Phi) is 3.19. The molecule has 2 atom stereocenters. The Morgan fingerprint density at radius 1 is 0.810 bits per heavy atom. The highest BCUT2D eigenvalue weighted by Gasteiger charge is 2.40. The standard InChI is InChI=1S/C19H22N2/c20-15-12-16-10-11-17(13-15)21(16)19-9-5-4-8-18(19)14-6-2-1-3-7-14/h1-9,15-17H,10-13,20H2. The first kappa shape index (κ1) is 12.9. The number of hydrogen-bond donors (Lipinski definition) is 1. The molecule has 0 aliphatic carbocycles. The second kappa shape index (κ2) is 5.19. The molecule has 0 spiro atoms. The van der Waals surface area contributed by atoms with Crippen molar-refractivity contribution in [3.8, 4) is 11.1 Å². The van der Waals surface area contributed by atoms with Crippen LogP contribution in [0, 0.1) is 0 Å². The van der Waals surface area contributed by atoms with Crippen LogP contribution in [0.4, 0.5) is 5.69 Å². The van der Waals surface area contributed by atoms with Gasteiger partial charge in [-0.2, -0.15) is 0 Å². The Bertz CT molecular complexity index is 608. The molecule has 0 aromatic heterocycles. The lowest BCUT2D eigenvalue weighted by Gasteiger charge is -2.40. The molecule has 2 heterocycles. The lowest BCUT2D eigenvalue weighted by Crippen LogP contribution is -2.47. The third-order valence-corrected chi connectivity index (χ3v) is 5.04. The second-order valence-corrected chi connectivity index (χ2v) is 6.41. The van der Waals surface area contributed by atoms with Crippen molar-refractivity contribution < 1.29 is 0 Å². The van der Waals surface area contributed by atoms with E-state index in [4.69, 9.17) is 5.73 Å². The maximum atomic E-state index is 6.22. The molecule has 2 saturated heterocycles. The van der Waals surface area contributed by atoms with Gasteiger partial charge in [0.05, 0.1) is 0 Å². The first-order valence-corrected chi connectivity index (χ1v) is 8.01. The number of nitrogens with zero attached hydrogens (tertiary/aromatic N) is 1. The molecule has 2 N–H and O–H groups in total. The van der Waals surface area contributed by atoms with E-state index in [1.54, 1.807) is 0 Å². The van der Waals surface area contributed by atoms with Gasteiger partial charge < -0.3 is 10.6 Å². The molecule has 2 heteroatoms. The summed E-state index contributed by atoms with van der Waals surface area (Å²) >= 11 is 0. The highest BCUT2D eigenvalue weighted by Crippen LogP contribution is 2.42. The molecule has 2 unspecified atom stereocenters. The molecule has 0 amide bonds. The lowest BCUT2D eigenvalue weighted by molar-refractivity contribution is 0.415. The van der Waals surface area contributed by atoms with Gasteiger partial charge in [0, 0.05) is 29.4 Å². The average molecular weight is 278 g/mol. The van der Waals surface area contributed by atoms with Crippen LogP contribution >= 0.6 is 0 Å². The minimum atomic E-state index is 0.391. The molecule has 2 fully saturated rings. The molecular weight excluding hydrogens is 256 g/mol. The van der Waals surface area contributed by atoms with Crippen molar-refractivity contribution in [1.29, 1.82) is 0 Å². The van der Waals surface area contributed by atoms with Crippen LogP contribution in [-0.2, 0) is 0 Å². The maximum Gasteiger partial charge on any atom is 0.0450 e. The normalized spacial score (nSPS) is 27.9. The Labute approximate surface area is 126 Å². The molecule has 21 heavy (non-hydrogen) atoms. The molecule has 2 aromatic rings. The molecule has 0 saturated carbocycles. The van der Waals surface area contributed by atoms with E-state index in [0.29, 0.717) is 18.1 Å². The van der Waals surface area contributed by atoms with Crippen LogP contribution in [0.5, 0.6) is 0 Å². The molecule has 108 valence electrons. The molecule has 2 bridgehead atoms. The van der Waals surface area contributed by atoms with E-state index in [1.165, 1.54) is 29.7 Å². The summed E-state index contributed by atoms with van der Waals surface area (Å²) in [5.74, 6) is 0. The van der Waals surface area contributed by atoms with Gasteiger partial charge in [-0.05, 0) is 37.3 Å². The van der Waals surface area contributed by atoms with Crippen molar-refractivity contribution in [3.05, 3.63) is 54.6 Å². The predicted octanol–water partition coefficient (Wildman–Crippen LogP) is 3.81. The van der Waals surface area contributed by atoms with Crippen molar-refractivity contribution in [1.82, 2.24) is 0 Å². The van der Waals surface area contributed by atoms with Crippen LogP contribution in [0.15, 0.2) is 54.6 Å². The SMILES string of the molecule is NC1CC2CCC(C1)N2c1ccccc1-c1ccccc1. The number of para-hydroxylation sites is 1. The number of anilines is 1. The third kappa shape index (κ3) is 2.24. The average Bonchev–Trinajstić information content (AvgIpc) is 2.80. The Morgan fingerprint density at radius 3 is 2.14 bits per heavy atom. The van der Waals surface area contributed by atoms with Crippen molar-refractivity contribution in [2.45, 2.75) is 43.8 Å². The minimum Gasteiger partial charge on any atom is -0.365 e. The highest BCUT2D eigenvalue weighted by molar-refractivity contribution is 5.79. The van der Waals surface area contributed by atoms with Gasteiger partial charge in [0.1, 0.15) is 0 Å². The summed E-state index contributed by atoms with van der Waals surface area (Å²) in [5, 5.41) is 0. The monoisotopic (exact) mass is 278 g/mol. The first-order chi connectivity index (χ1) is 10.3. The van der Waals surface area contributed by atoms with E-state index in [-0.39, 0.29) is 0 Å². The van der Waals surface area contributed by atoms with E-state index >= 15 is 0 Å². The largest absolute Gasteiger partial charge is 0.365 e. The van der Waals surface area contributed by atoms with Crippen LogP contribution in [-0.4, -0.2) is 18.1 Å². The zero-order chi connectivity index (χ0) is 14.2. The fraction of sp³-hybridized carbons (Fsp3) is 0.368. The maximum absolute atomic E-state index is 6.22. The van der Waals surface area contributed by atoms with Crippen molar-refractivity contribution in [2.24, 2.45) is 5.73 Å². The zero-order valence-electron chi connectivity index (χ0n) is 12.3. The lowest BCUT2D eigenvalue weighted by atomic mass is 9.95. The van der Waals surface area contributed by atoms with E-state index in [0.717, 1.165) is 12.8 Å². The van der Waals surface area contributed by atoms with E-state index in [9.17, 15) is 0 Å². The summed E-state index contributed by atoms with van der Waals surface area (Å²) in [5.41, 5.74) is 10.3. The zero-order valence-corrected chi connectivity index (χ0v) is 12.3. The van der Waals surface area contributed by atoms with E-state index in [2.05, 4.69) is 59.5 Å². The van der Waals surface area contributed by atoms with Crippen LogP contribution in [0.3, 0.4) is 0 Å². The number of fused-ring (bicyclic) bond motifs is 2. The number of nitrogens with two attached hydrogens (primary N) is 1. The molecule has 2 aliphatic rings. The quantitative estimate of drug-likeness (QED) is 0.905. The fourth-order valence-corrected chi connectivity index (χ4v) is 4.17. The highest BCUT2D eigenvalue weighted by atomic mass is 15.2. The van der Waals surface area contributed by atoms with Gasteiger partial charge in [-0.25, -0.2) is 0 Å². The number of benzene rings is 2. The second-order valence-electron chi connectivity index (χ2n) is 6.41. The summed E-state index contributed by atoms with van der Waals surface area (Å²) in [7, 11) is 0. The molecule has 2 aromatic carbocycles. The summed E-state index contributed by atoms with van der Waals surface area (Å²) in [6.45, 7) is 0. The van der Waals surface area contributed by atoms with E-state index in [1.807, 2.05) is 0 Å². The van der Waals surface area contributed by atoms with Gasteiger partial charge in [0.15, 0.2) is 0 Å². The van der Waals surface area contributed by atoms with Crippen LogP contribution in [0.25, 0.3) is 11.1 Å². The van der Waals surface area contributed by atoms with Crippen molar-refractivity contribution in [3.63, 3.8) is 0 Å². The summed E-state index contributed by atoms with van der Waals surface area (Å²) in [6, 6.07) is 21.2. The number of piperidine rings is 1. The third-order valence-electron chi connectivity index (χ3n) is 5.04. The molecule has 0 radical (unpaired) electrons. The van der Waals surface area contributed by atoms with Gasteiger partial charge in [-0.15, -0.1) is 0 Å². The fourth-order valence-electron chi connectivity index (χ4n) is 4.17. The van der Waals surface area contributed by atoms with Crippen molar-refractivity contribution in [2.75, 3.05) is 4.90 Å². The van der Waals surface area contributed by atoms with Gasteiger partial charge >= 0.3 is 0 Å². The van der Waals surface area contributed by atoms with Gasteiger partial charge in [-0.1, -0.05) is 48.5 Å². The predicted molar refractivity (Wildman–Crippen MR) is 88.4 cm³/mol. The molecule has 2 nitrogen and oxygen atoms in total. The van der Waals surface area contributed by atoms with Gasteiger partial charge in [0.2, 0.25) is 0 Å². The van der Waals surface area contributed by atoms with Crippen LogP contribution in [0.1, 0.15) is 25.7 Å². The molecule has 4 rings (SSSR count). The Balaban J connectivity index is 1.77. The van der Waals surface area contributed by atoms with Gasteiger partial charge in [0.25, 0.3) is 0 Å². The molecular formula is C19H22N2.